The Morgan fingerprint density at radius 2 is 0.585 bits per heavy atom. The molecule has 0 unspecified atom stereocenters. The van der Waals surface area contributed by atoms with Crippen LogP contribution in [0, 0.1) is 0 Å². The zero-order valence-corrected chi connectivity index (χ0v) is 36.5. The molecule has 0 fully saturated rings. The van der Waals surface area contributed by atoms with Crippen LogP contribution >= 0.6 is 0 Å². The molecule has 65 heavy (non-hydrogen) atoms. The summed E-state index contributed by atoms with van der Waals surface area (Å²) in [4.78, 5) is 2.40. The van der Waals surface area contributed by atoms with Crippen LogP contribution in [0.3, 0.4) is 0 Å². The van der Waals surface area contributed by atoms with E-state index in [2.05, 4.69) is 255 Å². The predicted molar refractivity (Wildman–Crippen MR) is 271 cm³/mol. The van der Waals surface area contributed by atoms with Crippen LogP contribution in [0.15, 0.2) is 237 Å². The number of hydrogen-bond acceptors (Lipinski definition) is 1. The Balaban J connectivity index is 0.856. The van der Waals surface area contributed by atoms with Gasteiger partial charge < -0.3 is 4.90 Å². The average molecular weight is 828 g/mol. The molecule has 0 saturated carbocycles. The molecule has 10 aromatic rings. The fourth-order valence-corrected chi connectivity index (χ4v) is 11.6. The summed E-state index contributed by atoms with van der Waals surface area (Å²) in [5, 5.41) is 0. The second-order valence-corrected chi connectivity index (χ2v) is 18.4. The lowest BCUT2D eigenvalue weighted by Crippen LogP contribution is -2.25. The molecular formula is C64H45N. The lowest BCUT2D eigenvalue weighted by atomic mass is 9.70. The first-order chi connectivity index (χ1) is 32.0. The molecular weight excluding hydrogens is 783 g/mol. The van der Waals surface area contributed by atoms with E-state index in [1.54, 1.807) is 0 Å². The summed E-state index contributed by atoms with van der Waals surface area (Å²) < 4.78 is 0. The molecule has 0 bridgehead atoms. The van der Waals surface area contributed by atoms with Crippen LogP contribution in [0.25, 0.3) is 66.8 Å². The molecule has 3 aliphatic carbocycles. The molecule has 0 radical (unpaired) electrons. The number of benzene rings is 10. The Morgan fingerprint density at radius 1 is 0.246 bits per heavy atom. The SMILES string of the molecule is CC1(C)c2ccccc2-c2ccc(N(c3ccc(-c4ccccc4)cc3)c3ccc(-c4ccc(-c5ccc6c(c5)C5(c7ccccc7-c7ccccc75)c5ccccc5-6)cc4)cc3)cc21. The van der Waals surface area contributed by atoms with Crippen LogP contribution in [0.1, 0.15) is 47.2 Å². The van der Waals surface area contributed by atoms with E-state index in [4.69, 9.17) is 0 Å². The number of anilines is 3. The molecule has 10 aromatic carbocycles. The van der Waals surface area contributed by atoms with Gasteiger partial charge in [0.05, 0.1) is 5.41 Å². The van der Waals surface area contributed by atoms with Crippen LogP contribution < -0.4 is 4.90 Å². The summed E-state index contributed by atoms with van der Waals surface area (Å²) in [6, 6.07) is 88.0. The minimum Gasteiger partial charge on any atom is -0.310 e. The van der Waals surface area contributed by atoms with E-state index in [0.29, 0.717) is 0 Å². The van der Waals surface area contributed by atoms with Gasteiger partial charge in [0.2, 0.25) is 0 Å². The van der Waals surface area contributed by atoms with E-state index in [-0.39, 0.29) is 10.8 Å². The largest absolute Gasteiger partial charge is 0.310 e. The summed E-state index contributed by atoms with van der Waals surface area (Å²) in [7, 11) is 0. The van der Waals surface area contributed by atoms with Gasteiger partial charge in [-0.05, 0) is 143 Å². The molecule has 1 nitrogen and oxygen atoms in total. The summed E-state index contributed by atoms with van der Waals surface area (Å²) >= 11 is 0. The van der Waals surface area contributed by atoms with Crippen LogP contribution in [-0.2, 0) is 10.8 Å². The molecule has 0 amide bonds. The van der Waals surface area contributed by atoms with Gasteiger partial charge in [0, 0.05) is 22.5 Å². The molecule has 1 spiro atoms. The van der Waals surface area contributed by atoms with E-state index in [1.165, 1.54) is 100 Å². The van der Waals surface area contributed by atoms with Gasteiger partial charge in [0.25, 0.3) is 0 Å². The molecule has 0 heterocycles. The van der Waals surface area contributed by atoms with Crippen molar-refractivity contribution in [3.8, 4) is 66.8 Å². The van der Waals surface area contributed by atoms with E-state index in [9.17, 15) is 0 Å². The zero-order valence-electron chi connectivity index (χ0n) is 36.5. The number of rotatable bonds is 6. The van der Waals surface area contributed by atoms with E-state index in [0.717, 1.165) is 17.1 Å². The fraction of sp³-hybridized carbons (Fsp3) is 0.0625. The van der Waals surface area contributed by atoms with E-state index < -0.39 is 0 Å². The Kier molecular flexibility index (Phi) is 8.24. The first kappa shape index (κ1) is 37.5. The van der Waals surface area contributed by atoms with Gasteiger partial charge in [-0.3, -0.25) is 0 Å². The highest BCUT2D eigenvalue weighted by Crippen LogP contribution is 2.63. The summed E-state index contributed by atoms with van der Waals surface area (Å²) in [5.74, 6) is 0. The number of hydrogen-bond donors (Lipinski definition) is 0. The van der Waals surface area contributed by atoms with Crippen molar-refractivity contribution in [1.29, 1.82) is 0 Å². The maximum atomic E-state index is 2.47. The highest BCUT2D eigenvalue weighted by Gasteiger charge is 2.51. The third-order valence-electron chi connectivity index (χ3n) is 14.7. The molecule has 13 rings (SSSR count). The van der Waals surface area contributed by atoms with Crippen molar-refractivity contribution in [3.63, 3.8) is 0 Å². The van der Waals surface area contributed by atoms with Crippen molar-refractivity contribution in [2.24, 2.45) is 0 Å². The van der Waals surface area contributed by atoms with Gasteiger partial charge in [0.1, 0.15) is 0 Å². The Morgan fingerprint density at radius 3 is 1.11 bits per heavy atom. The lowest BCUT2D eigenvalue weighted by Gasteiger charge is -2.30. The first-order valence-corrected chi connectivity index (χ1v) is 22.8. The van der Waals surface area contributed by atoms with Gasteiger partial charge in [-0.2, -0.15) is 0 Å². The van der Waals surface area contributed by atoms with Crippen molar-refractivity contribution in [2.75, 3.05) is 4.90 Å². The van der Waals surface area contributed by atoms with Gasteiger partial charge in [-0.1, -0.05) is 208 Å². The third kappa shape index (κ3) is 5.52. The Bertz CT molecular complexity index is 3420. The highest BCUT2D eigenvalue weighted by molar-refractivity contribution is 5.96. The minimum atomic E-state index is -0.352. The Hall–Kier alpha value is -8.00. The first-order valence-electron chi connectivity index (χ1n) is 22.8. The lowest BCUT2D eigenvalue weighted by molar-refractivity contribution is 0.660. The van der Waals surface area contributed by atoms with Crippen molar-refractivity contribution >= 4 is 17.1 Å². The molecule has 0 aromatic heterocycles. The maximum Gasteiger partial charge on any atom is 0.0725 e. The van der Waals surface area contributed by atoms with Crippen molar-refractivity contribution in [2.45, 2.75) is 24.7 Å². The minimum absolute atomic E-state index is 0.0969. The maximum absolute atomic E-state index is 2.47. The normalized spacial score (nSPS) is 13.9. The van der Waals surface area contributed by atoms with Gasteiger partial charge in [-0.25, -0.2) is 0 Å². The molecule has 0 saturated heterocycles. The summed E-state index contributed by atoms with van der Waals surface area (Å²) in [6.45, 7) is 4.71. The van der Waals surface area contributed by atoms with Crippen molar-refractivity contribution < 1.29 is 0 Å². The van der Waals surface area contributed by atoms with Crippen molar-refractivity contribution in [1.82, 2.24) is 0 Å². The van der Waals surface area contributed by atoms with E-state index in [1.807, 2.05) is 0 Å². The third-order valence-corrected chi connectivity index (χ3v) is 14.7. The van der Waals surface area contributed by atoms with Crippen LogP contribution in [0.5, 0.6) is 0 Å². The van der Waals surface area contributed by atoms with Crippen molar-refractivity contribution in [3.05, 3.63) is 270 Å². The summed E-state index contributed by atoms with van der Waals surface area (Å²) in [5.41, 5.74) is 26.4. The van der Waals surface area contributed by atoms with Crippen LogP contribution in [-0.4, -0.2) is 0 Å². The quantitative estimate of drug-likeness (QED) is 0.161. The van der Waals surface area contributed by atoms with Gasteiger partial charge in [-0.15, -0.1) is 0 Å². The smallest absolute Gasteiger partial charge is 0.0725 e. The summed E-state index contributed by atoms with van der Waals surface area (Å²) in [6.07, 6.45) is 0. The van der Waals surface area contributed by atoms with Crippen LogP contribution in [0.4, 0.5) is 17.1 Å². The standard InChI is InChI=1S/C64H45N/c1-63(2)57-20-10-6-16-51(57)55-39-37-50(41-61(55)63)65(48-33-28-44(29-34-48)42-14-4-3-5-15-42)49-35-30-45(31-36-49)43-24-26-46(27-25-43)47-32-38-56-54-19-9-13-23-60(54)64(62(56)40-47)58-21-11-7-17-52(58)53-18-8-12-22-59(53)64/h3-41H,1-2H3. The van der Waals surface area contributed by atoms with Gasteiger partial charge >= 0.3 is 0 Å². The predicted octanol–water partition coefficient (Wildman–Crippen LogP) is 16.8. The molecule has 0 atom stereocenters. The number of nitrogens with zero attached hydrogens (tertiary/aromatic N) is 1. The zero-order chi connectivity index (χ0) is 43.3. The molecule has 1 heteroatoms. The topological polar surface area (TPSA) is 3.24 Å². The average Bonchev–Trinajstić information content (AvgIpc) is 3.93. The van der Waals surface area contributed by atoms with Crippen LogP contribution in [0.2, 0.25) is 0 Å². The molecule has 0 aliphatic heterocycles. The molecule has 3 aliphatic rings. The Labute approximate surface area is 381 Å². The number of fused-ring (bicyclic) bond motifs is 13. The monoisotopic (exact) mass is 827 g/mol. The van der Waals surface area contributed by atoms with Gasteiger partial charge in [0.15, 0.2) is 0 Å². The molecule has 0 N–H and O–H groups in total. The molecule has 306 valence electrons. The van der Waals surface area contributed by atoms with E-state index >= 15 is 0 Å². The highest BCUT2D eigenvalue weighted by atomic mass is 15.1. The fourth-order valence-electron chi connectivity index (χ4n) is 11.6. The second-order valence-electron chi connectivity index (χ2n) is 18.4. The second kappa shape index (κ2) is 14.3.